The Morgan fingerprint density at radius 1 is 0.792 bits per heavy atom. The predicted octanol–water partition coefficient (Wildman–Crippen LogP) is 7.62. The first-order valence-corrected chi connectivity index (χ1v) is 17.0. The second-order valence-corrected chi connectivity index (χ2v) is 13.1. The van der Waals surface area contributed by atoms with E-state index in [2.05, 4.69) is 35.7 Å². The van der Waals surface area contributed by atoms with Gasteiger partial charge in [0.2, 0.25) is 0 Å². The molecular weight excluding hydrogens is 600 g/mol. The van der Waals surface area contributed by atoms with E-state index in [4.69, 9.17) is 9.47 Å². The lowest BCUT2D eigenvalue weighted by atomic mass is 9.98. The Labute approximate surface area is 282 Å². The SMILES string of the molecule is C=CCN(C[C@@H]1C[C@H](c2ccc(CO)cc2)O[C@H](c2ccc(-c3cccc(CN4C(=O)c5ccccc5C4=O)c3)cc2)O1)C1CCCC1. The Balaban J connectivity index is 1.09. The van der Waals surface area contributed by atoms with E-state index >= 15 is 0 Å². The zero-order valence-electron chi connectivity index (χ0n) is 27.2. The quantitative estimate of drug-likeness (QED) is 0.134. The molecule has 2 aliphatic heterocycles. The normalized spacial score (nSPS) is 21.2. The summed E-state index contributed by atoms with van der Waals surface area (Å²) >= 11 is 0. The van der Waals surface area contributed by atoms with Crippen LogP contribution in [0.3, 0.4) is 0 Å². The highest BCUT2D eigenvalue weighted by atomic mass is 16.7. The summed E-state index contributed by atoms with van der Waals surface area (Å²) in [7, 11) is 0. The molecule has 3 aliphatic rings. The fourth-order valence-electron chi connectivity index (χ4n) is 7.35. The number of carbonyl (C=O) groups is 2. The van der Waals surface area contributed by atoms with Crippen molar-refractivity contribution in [2.24, 2.45) is 0 Å². The second kappa shape index (κ2) is 14.4. The van der Waals surface area contributed by atoms with Crippen LogP contribution in [0.2, 0.25) is 0 Å². The Morgan fingerprint density at radius 2 is 1.48 bits per heavy atom. The fraction of sp³-hybridized carbons (Fsp3) is 0.317. The average Bonchev–Trinajstić information content (AvgIpc) is 3.76. The van der Waals surface area contributed by atoms with Crippen LogP contribution in [0.15, 0.2) is 110 Å². The van der Waals surface area contributed by atoms with Gasteiger partial charge in [-0.1, -0.05) is 97.8 Å². The number of hydrogen-bond acceptors (Lipinski definition) is 6. The number of aliphatic hydroxyl groups is 1. The van der Waals surface area contributed by atoms with Crippen molar-refractivity contribution in [1.82, 2.24) is 9.80 Å². The molecule has 0 aromatic heterocycles. The van der Waals surface area contributed by atoms with Crippen molar-refractivity contribution in [1.29, 1.82) is 0 Å². The van der Waals surface area contributed by atoms with Crippen molar-refractivity contribution < 1.29 is 24.2 Å². The maximum Gasteiger partial charge on any atom is 0.261 e. The van der Waals surface area contributed by atoms with Gasteiger partial charge >= 0.3 is 0 Å². The minimum Gasteiger partial charge on any atom is -0.392 e. The summed E-state index contributed by atoms with van der Waals surface area (Å²) in [6, 6.07) is 31.8. The monoisotopic (exact) mass is 642 g/mol. The van der Waals surface area contributed by atoms with Crippen LogP contribution in [0, 0.1) is 0 Å². The van der Waals surface area contributed by atoms with Crippen molar-refractivity contribution in [3.63, 3.8) is 0 Å². The molecule has 1 aliphatic carbocycles. The van der Waals surface area contributed by atoms with E-state index in [1.165, 1.54) is 30.6 Å². The number of benzene rings is 4. The lowest BCUT2D eigenvalue weighted by Crippen LogP contribution is -2.43. The summed E-state index contributed by atoms with van der Waals surface area (Å²) in [5.74, 6) is -0.510. The number of ether oxygens (including phenoxy) is 2. The van der Waals surface area contributed by atoms with Gasteiger partial charge in [0.25, 0.3) is 11.8 Å². The molecule has 1 saturated carbocycles. The zero-order chi connectivity index (χ0) is 33.0. The van der Waals surface area contributed by atoms with Crippen LogP contribution in [0.4, 0.5) is 0 Å². The van der Waals surface area contributed by atoms with Gasteiger partial charge in [0.05, 0.1) is 36.5 Å². The molecular formula is C41H42N2O5. The Bertz CT molecular complexity index is 1730. The largest absolute Gasteiger partial charge is 0.392 e. The molecule has 7 rings (SSSR count). The Kier molecular flexibility index (Phi) is 9.64. The number of aliphatic hydroxyl groups excluding tert-OH is 1. The number of carbonyl (C=O) groups excluding carboxylic acids is 2. The van der Waals surface area contributed by atoms with Gasteiger partial charge in [-0.25, -0.2) is 0 Å². The molecule has 246 valence electrons. The molecule has 0 spiro atoms. The van der Waals surface area contributed by atoms with Crippen LogP contribution in [-0.2, 0) is 22.6 Å². The first kappa shape index (κ1) is 32.2. The van der Waals surface area contributed by atoms with Crippen LogP contribution < -0.4 is 0 Å². The summed E-state index contributed by atoms with van der Waals surface area (Å²) in [6.07, 6.45) is 7.01. The van der Waals surface area contributed by atoms with Crippen LogP contribution in [0.1, 0.15) is 87.5 Å². The van der Waals surface area contributed by atoms with E-state index in [9.17, 15) is 14.7 Å². The van der Waals surface area contributed by atoms with Gasteiger partial charge in [-0.15, -0.1) is 6.58 Å². The number of hydrogen-bond donors (Lipinski definition) is 1. The van der Waals surface area contributed by atoms with Crippen LogP contribution in [0.25, 0.3) is 11.1 Å². The minimum atomic E-state index is -0.533. The molecule has 2 amide bonds. The predicted molar refractivity (Wildman–Crippen MR) is 185 cm³/mol. The van der Waals surface area contributed by atoms with Crippen molar-refractivity contribution in [3.8, 4) is 11.1 Å². The molecule has 7 nitrogen and oxygen atoms in total. The molecule has 3 atom stereocenters. The van der Waals surface area contributed by atoms with E-state index in [-0.39, 0.29) is 37.2 Å². The molecule has 7 heteroatoms. The first-order chi connectivity index (χ1) is 23.5. The van der Waals surface area contributed by atoms with E-state index in [1.54, 1.807) is 24.3 Å². The van der Waals surface area contributed by atoms with Gasteiger partial charge in [0.1, 0.15) is 0 Å². The molecule has 0 unspecified atom stereocenters. The molecule has 1 N–H and O–H groups in total. The molecule has 48 heavy (non-hydrogen) atoms. The van der Waals surface area contributed by atoms with E-state index in [0.717, 1.165) is 52.9 Å². The molecule has 0 bridgehead atoms. The standard InChI is InChI=1S/C41H42N2O5/c1-2-22-42(34-10-3-4-11-34)26-35-24-38(31-16-14-28(27-44)15-17-31)48-41(47-35)32-20-18-30(19-21-32)33-9-7-8-29(23-33)25-43-39(45)36-12-5-6-13-37(36)40(43)46/h2,5-9,12-21,23,34-35,38,41,44H,1,3-4,10-11,22,24-27H2/t35-,38+,41+/m0/s1. The van der Waals surface area contributed by atoms with Crippen LogP contribution in [0.5, 0.6) is 0 Å². The Hall–Kier alpha value is -4.40. The lowest BCUT2D eigenvalue weighted by Gasteiger charge is -2.39. The van der Waals surface area contributed by atoms with Gasteiger partial charge in [-0.05, 0) is 58.9 Å². The smallest absolute Gasteiger partial charge is 0.261 e. The number of imide groups is 1. The second-order valence-electron chi connectivity index (χ2n) is 13.1. The molecule has 0 radical (unpaired) electrons. The van der Waals surface area contributed by atoms with Crippen molar-refractivity contribution in [2.75, 3.05) is 13.1 Å². The summed E-state index contributed by atoms with van der Waals surface area (Å²) in [5, 5.41) is 9.57. The molecule has 4 aromatic carbocycles. The maximum atomic E-state index is 12.9. The van der Waals surface area contributed by atoms with E-state index < -0.39 is 6.29 Å². The number of amides is 2. The molecule has 2 fully saturated rings. The molecule has 1 saturated heterocycles. The number of fused-ring (bicyclic) bond motifs is 1. The highest BCUT2D eigenvalue weighted by Gasteiger charge is 2.36. The van der Waals surface area contributed by atoms with Crippen LogP contribution >= 0.6 is 0 Å². The van der Waals surface area contributed by atoms with Gasteiger partial charge in [-0.3, -0.25) is 19.4 Å². The van der Waals surface area contributed by atoms with Crippen LogP contribution in [-0.4, -0.2) is 52.0 Å². The van der Waals surface area contributed by atoms with Gasteiger partial charge in [0.15, 0.2) is 6.29 Å². The maximum absolute atomic E-state index is 12.9. The summed E-state index contributed by atoms with van der Waals surface area (Å²) < 4.78 is 13.3. The van der Waals surface area contributed by atoms with E-state index in [1.807, 2.05) is 54.6 Å². The summed E-state index contributed by atoms with van der Waals surface area (Å²) in [6.45, 7) is 5.91. The van der Waals surface area contributed by atoms with E-state index in [0.29, 0.717) is 17.2 Å². The third kappa shape index (κ3) is 6.78. The lowest BCUT2D eigenvalue weighted by molar-refractivity contribution is -0.253. The highest BCUT2D eigenvalue weighted by Crippen LogP contribution is 2.39. The van der Waals surface area contributed by atoms with Crippen molar-refractivity contribution in [3.05, 3.63) is 143 Å². The topological polar surface area (TPSA) is 79.3 Å². The van der Waals surface area contributed by atoms with Crippen molar-refractivity contribution >= 4 is 11.8 Å². The number of rotatable bonds is 11. The average molecular weight is 643 g/mol. The minimum absolute atomic E-state index is 0.0100. The van der Waals surface area contributed by atoms with Gasteiger partial charge < -0.3 is 14.6 Å². The zero-order valence-corrected chi connectivity index (χ0v) is 27.2. The van der Waals surface area contributed by atoms with Gasteiger partial charge in [0, 0.05) is 31.1 Å². The summed E-state index contributed by atoms with van der Waals surface area (Å²) in [5.41, 5.74) is 6.71. The third-order valence-corrected chi connectivity index (χ3v) is 9.92. The Morgan fingerprint density at radius 3 is 2.15 bits per heavy atom. The fourth-order valence-corrected chi connectivity index (χ4v) is 7.35. The first-order valence-electron chi connectivity index (χ1n) is 17.0. The summed E-state index contributed by atoms with van der Waals surface area (Å²) in [4.78, 5) is 29.7. The number of nitrogens with zero attached hydrogens (tertiary/aromatic N) is 2. The molecule has 2 heterocycles. The van der Waals surface area contributed by atoms with Crippen molar-refractivity contribution in [2.45, 2.75) is 69.8 Å². The van der Waals surface area contributed by atoms with Gasteiger partial charge in [-0.2, -0.15) is 0 Å². The highest BCUT2D eigenvalue weighted by molar-refractivity contribution is 6.21. The molecule has 4 aromatic rings. The third-order valence-electron chi connectivity index (χ3n) is 9.92.